The fraction of sp³-hybridized carbons (Fsp3) is 0.969. The van der Waals surface area contributed by atoms with Crippen molar-refractivity contribution in [2.24, 2.45) is 11.8 Å². The molecule has 0 saturated heterocycles. The van der Waals surface area contributed by atoms with E-state index in [1.165, 1.54) is 148 Å². The minimum absolute atomic E-state index is 0.0418. The van der Waals surface area contributed by atoms with Crippen LogP contribution in [0.3, 0.4) is 0 Å². The van der Waals surface area contributed by atoms with Crippen molar-refractivity contribution in [3.8, 4) is 0 Å². The molecule has 0 aromatic heterocycles. The molecule has 204 valence electrons. The number of carbonyl (C=O) groups excluding carboxylic acids is 1. The Morgan fingerprint density at radius 3 is 1.29 bits per heavy atom. The monoisotopic (exact) mass is 480 g/mol. The average molecular weight is 481 g/mol. The fourth-order valence-corrected chi connectivity index (χ4v) is 5.04. The zero-order valence-corrected chi connectivity index (χ0v) is 24.1. The molecule has 0 fully saturated rings. The highest BCUT2D eigenvalue weighted by molar-refractivity contribution is 5.71. The third-order valence-corrected chi connectivity index (χ3v) is 7.52. The predicted molar refractivity (Wildman–Crippen MR) is 151 cm³/mol. The Hall–Kier alpha value is -0.530. The Kier molecular flexibility index (Phi) is 26.6. The molecule has 2 heteroatoms. The van der Waals surface area contributed by atoms with E-state index in [1.807, 2.05) is 0 Å². The second-order valence-corrected chi connectivity index (χ2v) is 11.1. The van der Waals surface area contributed by atoms with Gasteiger partial charge < -0.3 is 4.74 Å². The second-order valence-electron chi connectivity index (χ2n) is 11.1. The number of carbonyl (C=O) groups is 1. The van der Waals surface area contributed by atoms with Gasteiger partial charge in [0.1, 0.15) is 0 Å². The number of rotatable bonds is 27. The molecule has 0 radical (unpaired) electrons. The molecule has 0 saturated carbocycles. The van der Waals surface area contributed by atoms with E-state index in [2.05, 4.69) is 27.7 Å². The summed E-state index contributed by atoms with van der Waals surface area (Å²) < 4.78 is 5.76. The molecule has 0 N–H and O–H groups in total. The van der Waals surface area contributed by atoms with E-state index < -0.39 is 0 Å². The highest BCUT2D eigenvalue weighted by Crippen LogP contribution is 2.20. The Morgan fingerprint density at radius 1 is 0.500 bits per heavy atom. The largest absolute Gasteiger partial charge is 0.465 e. The number of esters is 1. The number of hydrogen-bond donors (Lipinski definition) is 0. The molecular formula is C32H64O2. The number of unbranched alkanes of at least 4 members (excludes halogenated alkanes) is 18. The Bertz CT molecular complexity index is 406. The lowest BCUT2D eigenvalue weighted by Crippen LogP contribution is -2.19. The molecule has 0 spiro atoms. The van der Waals surface area contributed by atoms with Crippen LogP contribution in [0.4, 0.5) is 0 Å². The van der Waals surface area contributed by atoms with Crippen molar-refractivity contribution in [3.63, 3.8) is 0 Å². The zero-order valence-electron chi connectivity index (χ0n) is 24.1. The summed E-state index contributed by atoms with van der Waals surface area (Å²) in [5, 5.41) is 0. The molecule has 0 aliphatic carbocycles. The van der Waals surface area contributed by atoms with Crippen molar-refractivity contribution in [1.29, 1.82) is 0 Å². The summed E-state index contributed by atoms with van der Waals surface area (Å²) in [6, 6.07) is 0. The topological polar surface area (TPSA) is 26.3 Å². The summed E-state index contributed by atoms with van der Waals surface area (Å²) in [7, 11) is 0. The lowest BCUT2D eigenvalue weighted by molar-refractivity contribution is -0.149. The summed E-state index contributed by atoms with van der Waals surface area (Å²) in [4.78, 5) is 12.5. The molecule has 34 heavy (non-hydrogen) atoms. The molecule has 0 aliphatic rings. The lowest BCUT2D eigenvalue weighted by atomic mass is 9.96. The van der Waals surface area contributed by atoms with E-state index in [4.69, 9.17) is 4.74 Å². The summed E-state index contributed by atoms with van der Waals surface area (Å²) in [5.41, 5.74) is 0. The summed E-state index contributed by atoms with van der Waals surface area (Å²) >= 11 is 0. The highest BCUT2D eigenvalue weighted by atomic mass is 16.5. The Morgan fingerprint density at radius 2 is 0.882 bits per heavy atom. The molecule has 0 aromatic rings. The molecule has 0 aliphatic heterocycles. The van der Waals surface area contributed by atoms with E-state index in [9.17, 15) is 4.79 Å². The van der Waals surface area contributed by atoms with Gasteiger partial charge in [0.2, 0.25) is 0 Å². The lowest BCUT2D eigenvalue weighted by Gasteiger charge is -2.18. The molecule has 0 heterocycles. The first-order valence-corrected chi connectivity index (χ1v) is 15.8. The van der Waals surface area contributed by atoms with E-state index in [0.29, 0.717) is 12.5 Å². The van der Waals surface area contributed by atoms with Gasteiger partial charge in [-0.1, -0.05) is 163 Å². The van der Waals surface area contributed by atoms with Crippen LogP contribution in [0.15, 0.2) is 0 Å². The number of hydrogen-bond acceptors (Lipinski definition) is 2. The predicted octanol–water partition coefficient (Wildman–Crippen LogP) is 11.2. The van der Waals surface area contributed by atoms with Gasteiger partial charge in [-0.3, -0.25) is 4.79 Å². The zero-order chi connectivity index (χ0) is 25.1. The average Bonchev–Trinajstić information content (AvgIpc) is 2.84. The molecule has 0 amide bonds. The maximum absolute atomic E-state index is 12.5. The van der Waals surface area contributed by atoms with Gasteiger partial charge in [0, 0.05) is 0 Å². The molecular weight excluding hydrogens is 416 g/mol. The molecule has 0 aromatic carbocycles. The van der Waals surface area contributed by atoms with Crippen LogP contribution in [-0.2, 0) is 9.53 Å². The SMILES string of the molecule is CCCCCCCCCCCCCCC(C)C(=O)OCC(CCC)CCCCCCCCCC. The summed E-state index contributed by atoms with van der Waals surface area (Å²) in [6.07, 6.45) is 31.9. The first kappa shape index (κ1) is 33.5. The molecule has 0 bridgehead atoms. The fourth-order valence-electron chi connectivity index (χ4n) is 5.04. The maximum atomic E-state index is 12.5. The van der Waals surface area contributed by atoms with Crippen molar-refractivity contribution in [2.75, 3.05) is 6.61 Å². The number of ether oxygens (including phenoxy) is 1. The van der Waals surface area contributed by atoms with Crippen molar-refractivity contribution in [3.05, 3.63) is 0 Å². The summed E-state index contributed by atoms with van der Waals surface area (Å²) in [6.45, 7) is 9.52. The van der Waals surface area contributed by atoms with Crippen molar-refractivity contribution in [2.45, 2.75) is 182 Å². The molecule has 2 unspecified atom stereocenters. The van der Waals surface area contributed by atoms with Crippen LogP contribution in [0.25, 0.3) is 0 Å². The van der Waals surface area contributed by atoms with E-state index in [-0.39, 0.29) is 11.9 Å². The second kappa shape index (κ2) is 27.1. The van der Waals surface area contributed by atoms with Gasteiger partial charge in [0.15, 0.2) is 0 Å². The van der Waals surface area contributed by atoms with Crippen LogP contribution in [-0.4, -0.2) is 12.6 Å². The molecule has 2 atom stereocenters. The quantitative estimate of drug-likeness (QED) is 0.0862. The van der Waals surface area contributed by atoms with Crippen LogP contribution in [0.5, 0.6) is 0 Å². The molecule has 2 nitrogen and oxygen atoms in total. The van der Waals surface area contributed by atoms with Crippen LogP contribution in [0, 0.1) is 11.8 Å². The van der Waals surface area contributed by atoms with E-state index in [1.54, 1.807) is 0 Å². The van der Waals surface area contributed by atoms with E-state index >= 15 is 0 Å². The van der Waals surface area contributed by atoms with Gasteiger partial charge in [0.25, 0.3) is 0 Å². The van der Waals surface area contributed by atoms with Gasteiger partial charge in [-0.2, -0.15) is 0 Å². The minimum atomic E-state index is 0.0418. The Balaban J connectivity index is 3.68. The maximum Gasteiger partial charge on any atom is 0.308 e. The highest BCUT2D eigenvalue weighted by Gasteiger charge is 2.16. The van der Waals surface area contributed by atoms with Crippen molar-refractivity contribution >= 4 is 5.97 Å². The smallest absolute Gasteiger partial charge is 0.308 e. The third kappa shape index (κ3) is 23.2. The van der Waals surface area contributed by atoms with Gasteiger partial charge in [-0.15, -0.1) is 0 Å². The summed E-state index contributed by atoms with van der Waals surface area (Å²) in [5.74, 6) is 0.668. The third-order valence-electron chi connectivity index (χ3n) is 7.52. The van der Waals surface area contributed by atoms with Gasteiger partial charge in [-0.25, -0.2) is 0 Å². The standard InChI is InChI=1S/C32H64O2/c1-5-8-10-12-14-16-17-18-19-20-22-24-27-30(4)32(33)34-29-31(26-7-3)28-25-23-21-15-13-11-9-6-2/h30-31H,5-29H2,1-4H3. The first-order valence-electron chi connectivity index (χ1n) is 15.8. The van der Waals surface area contributed by atoms with E-state index in [0.717, 1.165) is 6.42 Å². The Labute approximate surface area is 215 Å². The molecule has 0 rings (SSSR count). The van der Waals surface area contributed by atoms with Crippen molar-refractivity contribution in [1.82, 2.24) is 0 Å². The van der Waals surface area contributed by atoms with Crippen LogP contribution < -0.4 is 0 Å². The van der Waals surface area contributed by atoms with Crippen molar-refractivity contribution < 1.29 is 9.53 Å². The minimum Gasteiger partial charge on any atom is -0.465 e. The van der Waals surface area contributed by atoms with Crippen LogP contribution in [0.2, 0.25) is 0 Å². The van der Waals surface area contributed by atoms with Gasteiger partial charge in [0.05, 0.1) is 12.5 Å². The van der Waals surface area contributed by atoms with Gasteiger partial charge in [-0.05, 0) is 25.2 Å². The van der Waals surface area contributed by atoms with Crippen LogP contribution >= 0.6 is 0 Å². The van der Waals surface area contributed by atoms with Gasteiger partial charge >= 0.3 is 5.97 Å². The first-order chi connectivity index (χ1) is 16.7. The normalized spacial score (nSPS) is 13.2. The van der Waals surface area contributed by atoms with Crippen LogP contribution in [0.1, 0.15) is 182 Å².